The lowest BCUT2D eigenvalue weighted by Gasteiger charge is -2.34. The number of rotatable bonds is 3. The van der Waals surface area contributed by atoms with E-state index in [0.29, 0.717) is 24.0 Å². The van der Waals surface area contributed by atoms with Crippen molar-refractivity contribution in [3.63, 3.8) is 0 Å². The largest absolute Gasteiger partial charge is 0.330 e. The lowest BCUT2D eigenvalue weighted by atomic mass is 10.1. The molecule has 3 aromatic rings. The van der Waals surface area contributed by atoms with Crippen LogP contribution in [-0.4, -0.2) is 44.9 Å². The maximum Gasteiger partial charge on any atom is 0.243 e. The second-order valence-corrected chi connectivity index (χ2v) is 9.88. The van der Waals surface area contributed by atoms with Gasteiger partial charge < -0.3 is 4.90 Å². The maximum atomic E-state index is 13.2. The van der Waals surface area contributed by atoms with Crippen LogP contribution < -0.4 is 4.90 Å². The van der Waals surface area contributed by atoms with Crippen LogP contribution in [0.25, 0.3) is 10.8 Å². The highest BCUT2D eigenvalue weighted by atomic mass is 32.2. The molecule has 1 saturated heterocycles. The monoisotopic (exact) mass is 393 g/mol. The van der Waals surface area contributed by atoms with Crippen LogP contribution in [0.4, 0.5) is 0 Å². The van der Waals surface area contributed by atoms with Crippen LogP contribution in [0, 0.1) is 0 Å². The summed E-state index contributed by atoms with van der Waals surface area (Å²) in [6, 6.07) is 22.6. The summed E-state index contributed by atoms with van der Waals surface area (Å²) in [5, 5.41) is 2.04. The molecule has 0 bridgehead atoms. The van der Waals surface area contributed by atoms with E-state index < -0.39 is 10.0 Å². The lowest BCUT2D eigenvalue weighted by Crippen LogP contribution is -3.18. The van der Waals surface area contributed by atoms with Crippen LogP contribution in [0.3, 0.4) is 0 Å². The van der Waals surface area contributed by atoms with Crippen molar-refractivity contribution in [3.05, 3.63) is 77.9 Å². The van der Waals surface area contributed by atoms with Gasteiger partial charge in [-0.25, -0.2) is 8.42 Å². The molecule has 1 aliphatic heterocycles. The Kier molecular flexibility index (Phi) is 4.46. The number of hydrogen-bond acceptors (Lipinski definition) is 2. The van der Waals surface area contributed by atoms with Crippen molar-refractivity contribution in [1.82, 2.24) is 4.31 Å². The molecule has 0 amide bonds. The van der Waals surface area contributed by atoms with E-state index in [-0.39, 0.29) is 0 Å². The van der Waals surface area contributed by atoms with E-state index in [4.69, 9.17) is 0 Å². The summed E-state index contributed by atoms with van der Waals surface area (Å²) in [6.45, 7) is 2.95. The second kappa shape index (κ2) is 6.99. The Morgan fingerprint density at radius 1 is 0.786 bits per heavy atom. The van der Waals surface area contributed by atoms with Crippen LogP contribution in [0.15, 0.2) is 71.6 Å². The van der Waals surface area contributed by atoms with Gasteiger partial charge in [-0.1, -0.05) is 54.6 Å². The van der Waals surface area contributed by atoms with Gasteiger partial charge in [-0.05, 0) is 34.0 Å². The Morgan fingerprint density at radius 3 is 2.07 bits per heavy atom. The molecule has 5 heteroatoms. The molecule has 0 radical (unpaired) electrons. The van der Waals surface area contributed by atoms with Gasteiger partial charge in [0.05, 0.1) is 37.1 Å². The number of benzene rings is 3. The summed E-state index contributed by atoms with van der Waals surface area (Å²) in [6.07, 6.45) is 2.23. The van der Waals surface area contributed by atoms with Crippen molar-refractivity contribution >= 4 is 20.8 Å². The summed E-state index contributed by atoms with van der Waals surface area (Å²) in [4.78, 5) is 1.95. The summed E-state index contributed by atoms with van der Waals surface area (Å²) < 4.78 is 28.0. The van der Waals surface area contributed by atoms with Gasteiger partial charge in [0, 0.05) is 12.8 Å². The van der Waals surface area contributed by atoms with Gasteiger partial charge in [0.1, 0.15) is 0 Å². The fourth-order valence-corrected chi connectivity index (χ4v) is 6.22. The molecule has 0 aromatic heterocycles. The molecular weight excluding hydrogens is 368 g/mol. The third-order valence-electron chi connectivity index (χ3n) is 6.35. The van der Waals surface area contributed by atoms with E-state index >= 15 is 0 Å². The minimum Gasteiger partial charge on any atom is -0.330 e. The van der Waals surface area contributed by atoms with Gasteiger partial charge in [0.15, 0.2) is 0 Å². The van der Waals surface area contributed by atoms with Crippen molar-refractivity contribution in [1.29, 1.82) is 0 Å². The zero-order valence-corrected chi connectivity index (χ0v) is 16.7. The number of sulfonamides is 1. The number of nitrogens with zero attached hydrogens (tertiary/aromatic N) is 1. The molecule has 0 spiro atoms. The molecule has 144 valence electrons. The molecular formula is C23H25N2O2S+. The number of nitrogens with one attached hydrogen (secondary N) is 1. The fraction of sp³-hybridized carbons (Fsp3) is 0.304. The summed E-state index contributed by atoms with van der Waals surface area (Å²) in [5.41, 5.74) is 2.93. The molecule has 1 N–H and O–H groups in total. The van der Waals surface area contributed by atoms with Crippen LogP contribution in [0.2, 0.25) is 0 Å². The summed E-state index contributed by atoms with van der Waals surface area (Å²) in [7, 11) is -3.43. The topological polar surface area (TPSA) is 41.8 Å². The highest BCUT2D eigenvalue weighted by Gasteiger charge is 2.36. The van der Waals surface area contributed by atoms with E-state index in [2.05, 4.69) is 24.3 Å². The average molecular weight is 394 g/mol. The first-order chi connectivity index (χ1) is 13.6. The van der Waals surface area contributed by atoms with Crippen LogP contribution >= 0.6 is 0 Å². The van der Waals surface area contributed by atoms with Gasteiger partial charge in [-0.3, -0.25) is 0 Å². The quantitative estimate of drug-likeness (QED) is 0.739. The molecule has 0 atom stereocenters. The normalized spacial score (nSPS) is 19.1. The third kappa shape index (κ3) is 3.13. The molecule has 0 unspecified atom stereocenters. The highest BCUT2D eigenvalue weighted by molar-refractivity contribution is 7.89. The first-order valence-electron chi connectivity index (χ1n) is 10.0. The Morgan fingerprint density at radius 2 is 1.39 bits per heavy atom. The Labute approximate surface area is 166 Å². The number of hydrogen-bond donors (Lipinski definition) is 1. The number of fused-ring (bicyclic) bond motifs is 2. The molecule has 28 heavy (non-hydrogen) atoms. The zero-order valence-electron chi connectivity index (χ0n) is 15.8. The van der Waals surface area contributed by atoms with E-state index in [1.54, 1.807) is 21.3 Å². The third-order valence-corrected chi connectivity index (χ3v) is 8.25. The Bertz CT molecular complexity index is 1090. The van der Waals surface area contributed by atoms with Crippen molar-refractivity contribution in [2.75, 3.05) is 26.2 Å². The molecule has 4 nitrogen and oxygen atoms in total. The van der Waals surface area contributed by atoms with E-state index in [1.165, 1.54) is 11.1 Å². The van der Waals surface area contributed by atoms with Crippen LogP contribution in [-0.2, 0) is 22.9 Å². The van der Waals surface area contributed by atoms with Crippen molar-refractivity contribution in [2.45, 2.75) is 23.8 Å². The molecule has 1 aliphatic carbocycles. The first-order valence-corrected chi connectivity index (χ1v) is 11.5. The van der Waals surface area contributed by atoms with E-state index in [9.17, 15) is 8.42 Å². The molecule has 0 saturated carbocycles. The van der Waals surface area contributed by atoms with E-state index in [0.717, 1.165) is 36.7 Å². The maximum absolute atomic E-state index is 13.2. The van der Waals surface area contributed by atoms with Crippen LogP contribution in [0.5, 0.6) is 0 Å². The minimum absolute atomic E-state index is 0.405. The number of quaternary nitrogens is 1. The minimum atomic E-state index is -3.43. The van der Waals surface area contributed by atoms with Gasteiger partial charge in [0.2, 0.25) is 10.0 Å². The Hall–Kier alpha value is -2.21. The Balaban J connectivity index is 1.29. The smallest absolute Gasteiger partial charge is 0.243 e. The molecule has 3 aromatic carbocycles. The average Bonchev–Trinajstić information content (AvgIpc) is 3.18. The summed E-state index contributed by atoms with van der Waals surface area (Å²) >= 11 is 0. The van der Waals surface area contributed by atoms with Crippen molar-refractivity contribution < 1.29 is 13.3 Å². The SMILES string of the molecule is O=S(=O)(c1ccc2ccccc2c1)N1CC[NH+](C2Cc3ccccc3C2)CC1. The summed E-state index contributed by atoms with van der Waals surface area (Å²) in [5.74, 6) is 0. The van der Waals surface area contributed by atoms with Gasteiger partial charge >= 0.3 is 0 Å². The highest BCUT2D eigenvalue weighted by Crippen LogP contribution is 2.23. The molecule has 5 rings (SSSR count). The standard InChI is InChI=1S/C23H24N2O2S/c26-28(27,23-10-9-18-5-1-2-8-21(18)17-23)25-13-11-24(12-14-25)22-15-19-6-3-4-7-20(19)16-22/h1-10,17,22H,11-16H2/p+1. The van der Waals surface area contributed by atoms with Crippen molar-refractivity contribution in [3.8, 4) is 0 Å². The fourth-order valence-electron chi connectivity index (χ4n) is 4.75. The van der Waals surface area contributed by atoms with Crippen molar-refractivity contribution in [2.24, 2.45) is 0 Å². The van der Waals surface area contributed by atoms with Crippen LogP contribution in [0.1, 0.15) is 11.1 Å². The molecule has 1 fully saturated rings. The van der Waals surface area contributed by atoms with Gasteiger partial charge in [-0.2, -0.15) is 4.31 Å². The molecule has 1 heterocycles. The molecule has 2 aliphatic rings. The first kappa shape index (κ1) is 17.9. The lowest BCUT2D eigenvalue weighted by molar-refractivity contribution is -0.927. The van der Waals surface area contributed by atoms with E-state index in [1.807, 2.05) is 30.3 Å². The number of piperazine rings is 1. The van der Waals surface area contributed by atoms with Gasteiger partial charge in [-0.15, -0.1) is 0 Å². The second-order valence-electron chi connectivity index (χ2n) is 7.95. The zero-order chi connectivity index (χ0) is 19.1. The predicted octanol–water partition coefficient (Wildman–Crippen LogP) is 1.90. The predicted molar refractivity (Wildman–Crippen MR) is 111 cm³/mol. The van der Waals surface area contributed by atoms with Gasteiger partial charge in [0.25, 0.3) is 0 Å².